The Hall–Kier alpha value is -1.34. The van der Waals surface area contributed by atoms with Gasteiger partial charge in [0.15, 0.2) is 0 Å². The van der Waals surface area contributed by atoms with Gasteiger partial charge in [-0.2, -0.15) is 0 Å². The molecule has 1 N–H and O–H groups in total. The minimum absolute atomic E-state index is 0.460. The highest BCUT2D eigenvalue weighted by Crippen LogP contribution is 2.40. The van der Waals surface area contributed by atoms with E-state index in [4.69, 9.17) is 0 Å². The molecule has 0 radical (unpaired) electrons. The van der Waals surface area contributed by atoms with E-state index < -0.39 is 5.60 Å². The van der Waals surface area contributed by atoms with E-state index in [0.29, 0.717) is 5.92 Å². The van der Waals surface area contributed by atoms with Gasteiger partial charge in [-0.05, 0) is 36.3 Å². The fraction of sp³-hybridized carbons (Fsp3) is 0.412. The second-order valence-electron chi connectivity index (χ2n) is 5.54. The zero-order valence-corrected chi connectivity index (χ0v) is 10.7. The summed E-state index contributed by atoms with van der Waals surface area (Å²) in [6.07, 6.45) is 12.0. The van der Waals surface area contributed by atoms with Crippen molar-refractivity contribution in [1.29, 1.82) is 0 Å². The topological polar surface area (TPSA) is 20.2 Å². The molecule has 1 fully saturated rings. The molecular weight excluding hydrogens is 220 g/mol. The number of benzene rings is 1. The van der Waals surface area contributed by atoms with Crippen molar-refractivity contribution < 1.29 is 5.11 Å². The Labute approximate surface area is 109 Å². The van der Waals surface area contributed by atoms with Gasteiger partial charge in [-0.1, -0.05) is 61.4 Å². The molecule has 0 aromatic heterocycles. The Balaban J connectivity index is 1.77. The van der Waals surface area contributed by atoms with E-state index in [2.05, 4.69) is 36.4 Å². The maximum atomic E-state index is 10.7. The third-order valence-corrected chi connectivity index (χ3v) is 4.37. The van der Waals surface area contributed by atoms with Gasteiger partial charge in [-0.15, -0.1) is 0 Å². The minimum atomic E-state index is -0.589. The van der Waals surface area contributed by atoms with Crippen molar-refractivity contribution in [2.45, 2.75) is 37.7 Å². The molecular formula is C17H20O. The van der Waals surface area contributed by atoms with Crippen molar-refractivity contribution in [3.05, 3.63) is 54.1 Å². The Kier molecular flexibility index (Phi) is 3.09. The summed E-state index contributed by atoms with van der Waals surface area (Å²) in [5.41, 5.74) is 1.88. The van der Waals surface area contributed by atoms with E-state index in [-0.39, 0.29) is 0 Å². The van der Waals surface area contributed by atoms with Crippen LogP contribution in [0, 0.1) is 5.92 Å². The predicted octanol–water partition coefficient (Wildman–Crippen LogP) is 3.95. The Morgan fingerprint density at radius 1 is 1.06 bits per heavy atom. The average Bonchev–Trinajstić information content (AvgIpc) is 2.95. The lowest BCUT2D eigenvalue weighted by atomic mass is 9.79. The smallest absolute Gasteiger partial charge is 0.0893 e. The van der Waals surface area contributed by atoms with Gasteiger partial charge in [0, 0.05) is 0 Å². The number of allylic oxidation sites excluding steroid dienone is 2. The van der Waals surface area contributed by atoms with Crippen LogP contribution in [0.25, 0.3) is 5.57 Å². The fourth-order valence-electron chi connectivity index (χ4n) is 3.22. The SMILES string of the molecule is OC1(C2CCCC2)C=CC(c2ccccc2)=CC1. The third kappa shape index (κ3) is 2.15. The van der Waals surface area contributed by atoms with Gasteiger partial charge in [0.05, 0.1) is 5.60 Å². The standard InChI is InChI=1S/C17H20O/c18-17(16-8-4-5-9-16)12-10-15(11-13-17)14-6-2-1-3-7-14/h1-3,6-7,10-12,16,18H,4-5,8-9,13H2. The molecule has 2 aliphatic rings. The minimum Gasteiger partial charge on any atom is -0.385 e. The summed E-state index contributed by atoms with van der Waals surface area (Å²) < 4.78 is 0. The molecule has 94 valence electrons. The van der Waals surface area contributed by atoms with Crippen LogP contribution in [0.4, 0.5) is 0 Å². The average molecular weight is 240 g/mol. The molecule has 1 aromatic carbocycles. The summed E-state index contributed by atoms with van der Waals surface area (Å²) in [7, 11) is 0. The molecule has 1 aromatic rings. The Morgan fingerprint density at radius 3 is 2.39 bits per heavy atom. The molecule has 0 bridgehead atoms. The molecule has 1 saturated carbocycles. The number of aliphatic hydroxyl groups is 1. The van der Waals surface area contributed by atoms with Crippen LogP contribution in [0.1, 0.15) is 37.7 Å². The first-order valence-corrected chi connectivity index (χ1v) is 6.95. The highest BCUT2D eigenvalue weighted by Gasteiger charge is 2.36. The van der Waals surface area contributed by atoms with Gasteiger partial charge in [0.25, 0.3) is 0 Å². The van der Waals surface area contributed by atoms with E-state index in [1.54, 1.807) is 0 Å². The van der Waals surface area contributed by atoms with Crippen LogP contribution < -0.4 is 0 Å². The molecule has 0 saturated heterocycles. The molecule has 2 aliphatic carbocycles. The van der Waals surface area contributed by atoms with Crippen molar-refractivity contribution in [2.24, 2.45) is 5.92 Å². The monoisotopic (exact) mass is 240 g/mol. The van der Waals surface area contributed by atoms with E-state index in [1.807, 2.05) is 12.1 Å². The maximum absolute atomic E-state index is 10.7. The van der Waals surface area contributed by atoms with Gasteiger partial charge in [-0.3, -0.25) is 0 Å². The van der Waals surface area contributed by atoms with E-state index in [1.165, 1.54) is 36.8 Å². The second-order valence-corrected chi connectivity index (χ2v) is 5.54. The first-order valence-electron chi connectivity index (χ1n) is 6.95. The summed E-state index contributed by atoms with van der Waals surface area (Å²) in [6, 6.07) is 10.4. The molecule has 0 amide bonds. The van der Waals surface area contributed by atoms with Crippen LogP contribution in [0.5, 0.6) is 0 Å². The Morgan fingerprint density at radius 2 is 1.78 bits per heavy atom. The first kappa shape index (κ1) is 11.7. The van der Waals surface area contributed by atoms with Crippen LogP contribution in [0.15, 0.2) is 48.6 Å². The largest absolute Gasteiger partial charge is 0.385 e. The Bertz CT molecular complexity index is 466. The van der Waals surface area contributed by atoms with Crippen LogP contribution in [0.2, 0.25) is 0 Å². The summed E-state index contributed by atoms with van der Waals surface area (Å²) in [5.74, 6) is 0.460. The van der Waals surface area contributed by atoms with E-state index in [9.17, 15) is 5.11 Å². The van der Waals surface area contributed by atoms with Gasteiger partial charge < -0.3 is 5.11 Å². The van der Waals surface area contributed by atoms with Crippen LogP contribution in [-0.2, 0) is 0 Å². The van der Waals surface area contributed by atoms with Crippen molar-refractivity contribution in [3.8, 4) is 0 Å². The number of hydrogen-bond donors (Lipinski definition) is 1. The lowest BCUT2D eigenvalue weighted by Crippen LogP contribution is -2.35. The van der Waals surface area contributed by atoms with Gasteiger partial charge in [0.1, 0.15) is 0 Å². The van der Waals surface area contributed by atoms with Crippen molar-refractivity contribution in [1.82, 2.24) is 0 Å². The summed E-state index contributed by atoms with van der Waals surface area (Å²) in [4.78, 5) is 0. The molecule has 18 heavy (non-hydrogen) atoms. The summed E-state index contributed by atoms with van der Waals surface area (Å²) >= 11 is 0. The van der Waals surface area contributed by atoms with Gasteiger partial charge in [-0.25, -0.2) is 0 Å². The highest BCUT2D eigenvalue weighted by atomic mass is 16.3. The zero-order chi connectivity index (χ0) is 12.4. The number of hydrogen-bond acceptors (Lipinski definition) is 1. The molecule has 3 rings (SSSR count). The fourth-order valence-corrected chi connectivity index (χ4v) is 3.22. The van der Waals surface area contributed by atoms with Gasteiger partial charge in [0.2, 0.25) is 0 Å². The van der Waals surface area contributed by atoms with Crippen LogP contribution >= 0.6 is 0 Å². The van der Waals surface area contributed by atoms with Crippen molar-refractivity contribution >= 4 is 5.57 Å². The van der Waals surface area contributed by atoms with Crippen molar-refractivity contribution in [2.75, 3.05) is 0 Å². The molecule has 0 heterocycles. The van der Waals surface area contributed by atoms with Crippen molar-refractivity contribution in [3.63, 3.8) is 0 Å². The van der Waals surface area contributed by atoms with Crippen LogP contribution in [-0.4, -0.2) is 10.7 Å². The number of rotatable bonds is 2. The maximum Gasteiger partial charge on any atom is 0.0893 e. The summed E-state index contributed by atoms with van der Waals surface area (Å²) in [5, 5.41) is 10.7. The van der Waals surface area contributed by atoms with E-state index in [0.717, 1.165) is 6.42 Å². The molecule has 1 nitrogen and oxygen atoms in total. The van der Waals surface area contributed by atoms with E-state index >= 15 is 0 Å². The van der Waals surface area contributed by atoms with Gasteiger partial charge >= 0.3 is 0 Å². The quantitative estimate of drug-likeness (QED) is 0.829. The van der Waals surface area contributed by atoms with Crippen LogP contribution in [0.3, 0.4) is 0 Å². The highest BCUT2D eigenvalue weighted by molar-refractivity contribution is 5.75. The molecule has 1 atom stereocenters. The first-order chi connectivity index (χ1) is 8.78. The predicted molar refractivity (Wildman–Crippen MR) is 75.1 cm³/mol. The molecule has 1 heteroatoms. The zero-order valence-electron chi connectivity index (χ0n) is 10.7. The molecule has 0 spiro atoms. The lowest BCUT2D eigenvalue weighted by molar-refractivity contribution is 0.0326. The third-order valence-electron chi connectivity index (χ3n) is 4.37. The molecule has 0 aliphatic heterocycles. The second kappa shape index (κ2) is 4.74. The normalized spacial score (nSPS) is 28.4. The summed E-state index contributed by atoms with van der Waals surface area (Å²) in [6.45, 7) is 0. The lowest BCUT2D eigenvalue weighted by Gasteiger charge is -2.32. The molecule has 1 unspecified atom stereocenters.